The van der Waals surface area contributed by atoms with Gasteiger partial charge in [0.15, 0.2) is 17.3 Å². The van der Waals surface area contributed by atoms with E-state index in [0.29, 0.717) is 30.4 Å². The Morgan fingerprint density at radius 2 is 2.00 bits per heavy atom. The number of anilines is 1. The topological polar surface area (TPSA) is 94.4 Å². The van der Waals surface area contributed by atoms with Crippen LogP contribution in [0.3, 0.4) is 0 Å². The molecule has 0 spiro atoms. The molecule has 1 atom stereocenters. The summed E-state index contributed by atoms with van der Waals surface area (Å²) in [6.07, 6.45) is 7.63. The number of amides is 1. The number of aromatic nitrogens is 4. The first-order valence-electron chi connectivity index (χ1n) is 10.7. The lowest BCUT2D eigenvalue weighted by molar-refractivity contribution is -0.125. The molecule has 3 aromatic rings. The molecule has 0 aliphatic carbocycles. The van der Waals surface area contributed by atoms with Crippen LogP contribution >= 0.6 is 0 Å². The number of methoxy groups -OCH3 is 2. The molecule has 1 aliphatic heterocycles. The van der Waals surface area contributed by atoms with Crippen LogP contribution in [-0.2, 0) is 11.2 Å². The highest BCUT2D eigenvalue weighted by Gasteiger charge is 2.26. The van der Waals surface area contributed by atoms with Gasteiger partial charge in [0.2, 0.25) is 5.91 Å². The zero-order chi connectivity index (χ0) is 22.3. The molecule has 3 heterocycles. The van der Waals surface area contributed by atoms with Gasteiger partial charge in [-0.05, 0) is 43.0 Å². The minimum absolute atomic E-state index is 0.0720. The van der Waals surface area contributed by atoms with Gasteiger partial charge in [-0.25, -0.2) is 14.6 Å². The molecule has 4 rings (SSSR count). The van der Waals surface area contributed by atoms with Crippen molar-refractivity contribution in [2.24, 2.45) is 5.92 Å². The number of hydrogen-bond acceptors (Lipinski definition) is 7. The van der Waals surface area contributed by atoms with Crippen LogP contribution in [0.1, 0.15) is 18.4 Å². The van der Waals surface area contributed by atoms with E-state index in [1.165, 1.54) is 0 Å². The fourth-order valence-electron chi connectivity index (χ4n) is 3.95. The van der Waals surface area contributed by atoms with Gasteiger partial charge in [0.25, 0.3) is 0 Å². The third kappa shape index (κ3) is 4.99. The van der Waals surface area contributed by atoms with E-state index in [1.54, 1.807) is 31.4 Å². The number of hydrogen-bond donors (Lipinski definition) is 1. The lowest BCUT2D eigenvalue weighted by Gasteiger charge is -2.32. The molecule has 1 saturated heterocycles. The summed E-state index contributed by atoms with van der Waals surface area (Å²) in [5.74, 6) is 2.92. The number of carbonyl (C=O) groups excluding carboxylic acids is 1. The molecule has 9 heteroatoms. The molecule has 9 nitrogen and oxygen atoms in total. The Morgan fingerprint density at radius 3 is 2.78 bits per heavy atom. The first-order valence-corrected chi connectivity index (χ1v) is 10.7. The van der Waals surface area contributed by atoms with E-state index >= 15 is 0 Å². The second kappa shape index (κ2) is 10.1. The Morgan fingerprint density at radius 1 is 1.16 bits per heavy atom. The second-order valence-electron chi connectivity index (χ2n) is 7.70. The number of benzene rings is 1. The van der Waals surface area contributed by atoms with Crippen molar-refractivity contribution in [3.05, 3.63) is 54.6 Å². The Bertz CT molecular complexity index is 1040. The number of rotatable bonds is 8. The van der Waals surface area contributed by atoms with Crippen molar-refractivity contribution in [1.29, 1.82) is 0 Å². The maximum absolute atomic E-state index is 12.8. The van der Waals surface area contributed by atoms with E-state index < -0.39 is 0 Å². The third-order valence-corrected chi connectivity index (χ3v) is 5.65. The zero-order valence-corrected chi connectivity index (χ0v) is 18.4. The van der Waals surface area contributed by atoms with Crippen LogP contribution in [0.25, 0.3) is 5.82 Å². The van der Waals surface area contributed by atoms with Crippen LogP contribution < -0.4 is 19.7 Å². The van der Waals surface area contributed by atoms with Crippen molar-refractivity contribution in [2.45, 2.75) is 19.3 Å². The molecule has 1 fully saturated rings. The number of nitrogens with zero attached hydrogens (tertiary/aromatic N) is 5. The Labute approximate surface area is 187 Å². The second-order valence-corrected chi connectivity index (χ2v) is 7.70. The molecular formula is C23H28N6O3. The average molecular weight is 437 g/mol. The highest BCUT2D eigenvalue weighted by molar-refractivity contribution is 5.79. The largest absolute Gasteiger partial charge is 0.493 e. The first kappa shape index (κ1) is 21.6. The molecule has 32 heavy (non-hydrogen) atoms. The van der Waals surface area contributed by atoms with E-state index in [2.05, 4.69) is 25.3 Å². The molecule has 2 aromatic heterocycles. The fraction of sp³-hybridized carbons (Fsp3) is 0.391. The monoisotopic (exact) mass is 436 g/mol. The van der Waals surface area contributed by atoms with Gasteiger partial charge in [-0.1, -0.05) is 6.07 Å². The van der Waals surface area contributed by atoms with Gasteiger partial charge in [0, 0.05) is 38.1 Å². The Kier molecular flexibility index (Phi) is 6.84. The molecule has 0 bridgehead atoms. The molecule has 1 N–H and O–H groups in total. The van der Waals surface area contributed by atoms with Crippen molar-refractivity contribution >= 4 is 11.7 Å². The van der Waals surface area contributed by atoms with Gasteiger partial charge in [0.05, 0.1) is 20.1 Å². The van der Waals surface area contributed by atoms with Crippen LogP contribution in [0.2, 0.25) is 0 Å². The van der Waals surface area contributed by atoms with Crippen LogP contribution in [-0.4, -0.2) is 59.5 Å². The highest BCUT2D eigenvalue weighted by Crippen LogP contribution is 2.27. The van der Waals surface area contributed by atoms with Crippen molar-refractivity contribution in [3.63, 3.8) is 0 Å². The normalized spacial score (nSPS) is 15.9. The first-order chi connectivity index (χ1) is 15.7. The van der Waals surface area contributed by atoms with E-state index in [-0.39, 0.29) is 11.8 Å². The summed E-state index contributed by atoms with van der Waals surface area (Å²) in [4.78, 5) is 23.7. The highest BCUT2D eigenvalue weighted by atomic mass is 16.5. The number of piperidine rings is 1. The lowest BCUT2D eigenvalue weighted by Crippen LogP contribution is -2.43. The van der Waals surface area contributed by atoms with Gasteiger partial charge in [-0.3, -0.25) is 4.79 Å². The van der Waals surface area contributed by atoms with Crippen LogP contribution in [0, 0.1) is 5.92 Å². The lowest BCUT2D eigenvalue weighted by atomic mass is 9.97. The van der Waals surface area contributed by atoms with Crippen molar-refractivity contribution < 1.29 is 14.3 Å². The molecule has 1 unspecified atom stereocenters. The number of carbonyl (C=O) groups is 1. The minimum Gasteiger partial charge on any atom is -0.493 e. The predicted molar refractivity (Wildman–Crippen MR) is 120 cm³/mol. The van der Waals surface area contributed by atoms with Gasteiger partial charge < -0.3 is 19.7 Å². The smallest absolute Gasteiger partial charge is 0.224 e. The molecular weight excluding hydrogens is 408 g/mol. The predicted octanol–water partition coefficient (Wildman–Crippen LogP) is 2.25. The summed E-state index contributed by atoms with van der Waals surface area (Å²) < 4.78 is 12.3. The molecule has 0 saturated carbocycles. The maximum Gasteiger partial charge on any atom is 0.224 e. The molecule has 1 amide bonds. The van der Waals surface area contributed by atoms with Gasteiger partial charge >= 0.3 is 0 Å². The summed E-state index contributed by atoms with van der Waals surface area (Å²) in [6.45, 7) is 2.07. The third-order valence-electron chi connectivity index (χ3n) is 5.65. The van der Waals surface area contributed by atoms with Crippen LogP contribution in [0.5, 0.6) is 11.5 Å². The molecule has 168 valence electrons. The van der Waals surface area contributed by atoms with E-state index in [0.717, 1.165) is 37.2 Å². The summed E-state index contributed by atoms with van der Waals surface area (Å²) >= 11 is 0. The summed E-state index contributed by atoms with van der Waals surface area (Å²) in [7, 11) is 3.23. The number of nitrogens with one attached hydrogen (secondary N) is 1. The van der Waals surface area contributed by atoms with Crippen molar-refractivity contribution in [3.8, 4) is 17.3 Å². The average Bonchev–Trinajstić information content (AvgIpc) is 3.39. The Hall–Kier alpha value is -3.62. The SMILES string of the molecule is COc1ccc(CCNC(=O)C2CCCN(c3cc(-n4cccn4)ncn3)C2)cc1OC. The molecule has 0 radical (unpaired) electrons. The van der Waals surface area contributed by atoms with E-state index in [1.807, 2.05) is 36.5 Å². The quantitative estimate of drug-likeness (QED) is 0.579. The van der Waals surface area contributed by atoms with Gasteiger partial charge in [-0.15, -0.1) is 0 Å². The van der Waals surface area contributed by atoms with E-state index in [9.17, 15) is 4.79 Å². The van der Waals surface area contributed by atoms with Crippen LogP contribution in [0.15, 0.2) is 49.1 Å². The molecule has 1 aliphatic rings. The summed E-state index contributed by atoms with van der Waals surface area (Å²) in [5, 5.41) is 7.31. The summed E-state index contributed by atoms with van der Waals surface area (Å²) in [6, 6.07) is 9.57. The Balaban J connectivity index is 1.33. The van der Waals surface area contributed by atoms with Gasteiger partial charge in [0.1, 0.15) is 12.1 Å². The standard InChI is InChI=1S/C23H28N6O3/c1-31-19-7-6-17(13-20(19)32-2)8-10-24-23(30)18-5-3-11-28(15-18)21-14-22(26-16-25-21)29-12-4-9-27-29/h4,6-7,9,12-14,16,18H,3,5,8,10-11,15H2,1-2H3,(H,24,30). The summed E-state index contributed by atoms with van der Waals surface area (Å²) in [5.41, 5.74) is 1.08. The fourth-order valence-corrected chi connectivity index (χ4v) is 3.95. The van der Waals surface area contributed by atoms with Gasteiger partial charge in [-0.2, -0.15) is 5.10 Å². The number of ether oxygens (including phenoxy) is 2. The maximum atomic E-state index is 12.8. The molecule has 1 aromatic carbocycles. The van der Waals surface area contributed by atoms with Crippen LogP contribution in [0.4, 0.5) is 5.82 Å². The zero-order valence-electron chi connectivity index (χ0n) is 18.4. The minimum atomic E-state index is -0.0720. The van der Waals surface area contributed by atoms with E-state index in [4.69, 9.17) is 9.47 Å². The van der Waals surface area contributed by atoms with Crippen molar-refractivity contribution in [1.82, 2.24) is 25.1 Å². The van der Waals surface area contributed by atoms with Crippen molar-refractivity contribution in [2.75, 3.05) is 38.8 Å².